The van der Waals surface area contributed by atoms with Crippen LogP contribution in [0.4, 0.5) is 0 Å². The number of para-hydroxylation sites is 2. The van der Waals surface area contributed by atoms with Crippen LogP contribution in [0.15, 0.2) is 205 Å². The standard InChI is InChI=1S/C52H33N3O/c1-4-15-34(16-5-1)38-29-30-45-44(33-38)48-42(26-14-27-46(48)55(45)41-23-8-3-9-24-41)39-21-12-19-36(31-39)37-20-13-22-40(32-37)49-51-50(43-25-10-11-28-47(43)56-51)54-52(53-49)35-17-6-2-7-18-35/h1-33H. The Balaban J connectivity index is 1.08. The highest BCUT2D eigenvalue weighted by atomic mass is 16.3. The van der Waals surface area contributed by atoms with Crippen LogP contribution in [0.2, 0.25) is 0 Å². The third kappa shape index (κ3) is 5.31. The molecule has 0 atom stereocenters. The van der Waals surface area contributed by atoms with Gasteiger partial charge in [-0.3, -0.25) is 0 Å². The van der Waals surface area contributed by atoms with Gasteiger partial charge in [0.2, 0.25) is 0 Å². The highest BCUT2D eigenvalue weighted by molar-refractivity contribution is 6.17. The van der Waals surface area contributed by atoms with Crippen molar-refractivity contribution in [3.8, 4) is 61.7 Å². The predicted octanol–water partition coefficient (Wildman–Crippen LogP) is 13.8. The summed E-state index contributed by atoms with van der Waals surface area (Å²) in [5, 5.41) is 3.43. The Hall–Kier alpha value is -7.56. The molecule has 0 aliphatic rings. The molecule has 0 radical (unpaired) electrons. The molecule has 0 unspecified atom stereocenters. The summed E-state index contributed by atoms with van der Waals surface area (Å²) >= 11 is 0. The predicted molar refractivity (Wildman–Crippen MR) is 231 cm³/mol. The largest absolute Gasteiger partial charge is 0.452 e. The van der Waals surface area contributed by atoms with Crippen molar-refractivity contribution in [2.45, 2.75) is 0 Å². The van der Waals surface area contributed by atoms with E-state index in [0.29, 0.717) is 11.4 Å². The van der Waals surface area contributed by atoms with Gasteiger partial charge in [0.1, 0.15) is 16.8 Å². The van der Waals surface area contributed by atoms with E-state index in [9.17, 15) is 0 Å². The van der Waals surface area contributed by atoms with Gasteiger partial charge < -0.3 is 8.98 Å². The second-order valence-corrected chi connectivity index (χ2v) is 14.2. The van der Waals surface area contributed by atoms with Crippen LogP contribution >= 0.6 is 0 Å². The molecule has 11 rings (SSSR count). The molecule has 0 fully saturated rings. The van der Waals surface area contributed by atoms with Crippen molar-refractivity contribution >= 4 is 43.9 Å². The molecule has 0 saturated carbocycles. The Morgan fingerprint density at radius 2 is 1.00 bits per heavy atom. The molecule has 4 nitrogen and oxygen atoms in total. The van der Waals surface area contributed by atoms with Gasteiger partial charge in [-0.2, -0.15) is 0 Å². The van der Waals surface area contributed by atoms with E-state index < -0.39 is 0 Å². The summed E-state index contributed by atoms with van der Waals surface area (Å²) in [6.45, 7) is 0. The summed E-state index contributed by atoms with van der Waals surface area (Å²) in [7, 11) is 0. The number of nitrogens with zero attached hydrogens (tertiary/aromatic N) is 3. The van der Waals surface area contributed by atoms with E-state index in [1.54, 1.807) is 0 Å². The van der Waals surface area contributed by atoms with Gasteiger partial charge in [-0.25, -0.2) is 9.97 Å². The highest BCUT2D eigenvalue weighted by Crippen LogP contribution is 2.42. The lowest BCUT2D eigenvalue weighted by atomic mass is 9.94. The summed E-state index contributed by atoms with van der Waals surface area (Å²) in [5.41, 5.74) is 15.5. The molecule has 0 N–H and O–H groups in total. The first-order valence-electron chi connectivity index (χ1n) is 18.9. The summed E-state index contributed by atoms with van der Waals surface area (Å²) in [6.07, 6.45) is 0. The number of rotatable bonds is 6. The van der Waals surface area contributed by atoms with Gasteiger partial charge in [0.15, 0.2) is 11.4 Å². The molecule has 56 heavy (non-hydrogen) atoms. The molecule has 0 bridgehead atoms. The van der Waals surface area contributed by atoms with E-state index in [1.165, 1.54) is 38.5 Å². The third-order valence-corrected chi connectivity index (χ3v) is 10.8. The smallest absolute Gasteiger partial charge is 0.180 e. The molecule has 3 heterocycles. The Kier molecular flexibility index (Phi) is 7.46. The maximum atomic E-state index is 6.47. The molecule has 0 amide bonds. The normalized spacial score (nSPS) is 11.6. The average molecular weight is 716 g/mol. The van der Waals surface area contributed by atoms with Crippen LogP contribution < -0.4 is 0 Å². The van der Waals surface area contributed by atoms with Gasteiger partial charge in [0, 0.05) is 33.0 Å². The Morgan fingerprint density at radius 3 is 1.79 bits per heavy atom. The van der Waals surface area contributed by atoms with Crippen molar-refractivity contribution in [3.63, 3.8) is 0 Å². The van der Waals surface area contributed by atoms with Gasteiger partial charge in [-0.15, -0.1) is 0 Å². The molecule has 11 aromatic rings. The van der Waals surface area contributed by atoms with Crippen molar-refractivity contribution in [2.75, 3.05) is 0 Å². The van der Waals surface area contributed by atoms with Gasteiger partial charge in [-0.1, -0.05) is 146 Å². The monoisotopic (exact) mass is 715 g/mol. The first-order chi connectivity index (χ1) is 27.8. The van der Waals surface area contributed by atoms with Crippen LogP contribution in [0.3, 0.4) is 0 Å². The molecule has 3 aromatic heterocycles. The van der Waals surface area contributed by atoms with E-state index in [0.717, 1.165) is 55.7 Å². The molecule has 0 aliphatic carbocycles. The quantitative estimate of drug-likeness (QED) is 0.172. The van der Waals surface area contributed by atoms with Crippen LogP contribution in [0.5, 0.6) is 0 Å². The number of furan rings is 1. The lowest BCUT2D eigenvalue weighted by Gasteiger charge is -2.11. The molecular formula is C52H33N3O. The molecule has 262 valence electrons. The van der Waals surface area contributed by atoms with Crippen molar-refractivity contribution < 1.29 is 4.42 Å². The van der Waals surface area contributed by atoms with Crippen LogP contribution in [0, 0.1) is 0 Å². The number of benzene rings is 8. The maximum Gasteiger partial charge on any atom is 0.180 e. The van der Waals surface area contributed by atoms with E-state index in [-0.39, 0.29) is 0 Å². The summed E-state index contributed by atoms with van der Waals surface area (Å²) < 4.78 is 8.86. The fourth-order valence-electron chi connectivity index (χ4n) is 8.19. The van der Waals surface area contributed by atoms with Crippen molar-refractivity contribution in [3.05, 3.63) is 200 Å². The van der Waals surface area contributed by atoms with Crippen LogP contribution in [0.25, 0.3) is 106 Å². The van der Waals surface area contributed by atoms with Gasteiger partial charge in [-0.05, 0) is 88.0 Å². The van der Waals surface area contributed by atoms with E-state index in [4.69, 9.17) is 14.4 Å². The zero-order valence-electron chi connectivity index (χ0n) is 30.3. The van der Waals surface area contributed by atoms with Gasteiger partial charge >= 0.3 is 0 Å². The SMILES string of the molecule is c1ccc(-c2ccc3c(c2)c2c(-c4cccc(-c5cccc(-c6nc(-c7ccccc7)nc7c6oc6ccccc67)c5)c4)cccc2n3-c2ccccc2)cc1. The van der Waals surface area contributed by atoms with E-state index in [2.05, 4.69) is 168 Å². The molecule has 0 spiro atoms. The van der Waals surface area contributed by atoms with Crippen molar-refractivity contribution in [1.29, 1.82) is 0 Å². The minimum absolute atomic E-state index is 0.672. The fourth-order valence-corrected chi connectivity index (χ4v) is 8.19. The molecule has 0 aliphatic heterocycles. The molecular weight excluding hydrogens is 683 g/mol. The van der Waals surface area contributed by atoms with E-state index >= 15 is 0 Å². The molecule has 4 heteroatoms. The second-order valence-electron chi connectivity index (χ2n) is 14.2. The lowest BCUT2D eigenvalue weighted by molar-refractivity contribution is 0.667. The first-order valence-corrected chi connectivity index (χ1v) is 18.9. The highest BCUT2D eigenvalue weighted by Gasteiger charge is 2.20. The summed E-state index contributed by atoms with van der Waals surface area (Å²) in [4.78, 5) is 10.2. The minimum Gasteiger partial charge on any atom is -0.452 e. The number of hydrogen-bond acceptors (Lipinski definition) is 3. The zero-order chi connectivity index (χ0) is 37.0. The second kappa shape index (κ2) is 13.1. The van der Waals surface area contributed by atoms with Crippen LogP contribution in [-0.2, 0) is 0 Å². The molecule has 8 aromatic carbocycles. The van der Waals surface area contributed by atoms with Gasteiger partial charge in [0.05, 0.1) is 11.0 Å². The summed E-state index contributed by atoms with van der Waals surface area (Å²) in [6, 6.07) is 70.6. The summed E-state index contributed by atoms with van der Waals surface area (Å²) in [5.74, 6) is 0.672. The van der Waals surface area contributed by atoms with Crippen molar-refractivity contribution in [2.24, 2.45) is 0 Å². The topological polar surface area (TPSA) is 43.9 Å². The molecule has 0 saturated heterocycles. The number of aromatic nitrogens is 3. The zero-order valence-corrected chi connectivity index (χ0v) is 30.3. The first kappa shape index (κ1) is 31.9. The van der Waals surface area contributed by atoms with Crippen LogP contribution in [-0.4, -0.2) is 14.5 Å². The van der Waals surface area contributed by atoms with Crippen molar-refractivity contribution in [1.82, 2.24) is 14.5 Å². The number of hydrogen-bond donors (Lipinski definition) is 0. The number of fused-ring (bicyclic) bond motifs is 6. The Morgan fingerprint density at radius 1 is 0.393 bits per heavy atom. The lowest BCUT2D eigenvalue weighted by Crippen LogP contribution is -1.94. The van der Waals surface area contributed by atoms with Gasteiger partial charge in [0.25, 0.3) is 0 Å². The maximum absolute atomic E-state index is 6.47. The average Bonchev–Trinajstić information content (AvgIpc) is 3.83. The Labute approximate surface area is 323 Å². The third-order valence-electron chi connectivity index (χ3n) is 10.8. The fraction of sp³-hybridized carbons (Fsp3) is 0. The minimum atomic E-state index is 0.672. The Bertz CT molecular complexity index is 3240. The van der Waals surface area contributed by atoms with Crippen LogP contribution in [0.1, 0.15) is 0 Å². The van der Waals surface area contributed by atoms with E-state index in [1.807, 2.05) is 36.4 Å².